The lowest BCUT2D eigenvalue weighted by atomic mass is 10.3. The molecule has 2 N–H and O–H groups in total. The lowest BCUT2D eigenvalue weighted by molar-refractivity contribution is -0.121. The van der Waals surface area contributed by atoms with Gasteiger partial charge in [-0.3, -0.25) is 9.48 Å². The Hall–Kier alpha value is -1.47. The largest absolute Gasteiger partial charge is 0.394 e. The molecule has 0 aromatic carbocycles. The van der Waals surface area contributed by atoms with E-state index in [0.717, 1.165) is 6.42 Å². The summed E-state index contributed by atoms with van der Waals surface area (Å²) in [5.41, 5.74) is 0. The fourth-order valence-corrected chi connectivity index (χ4v) is 1.22. The van der Waals surface area contributed by atoms with Gasteiger partial charge in [0.2, 0.25) is 5.91 Å². The van der Waals surface area contributed by atoms with Crippen molar-refractivity contribution < 1.29 is 14.6 Å². The van der Waals surface area contributed by atoms with Crippen molar-refractivity contribution in [2.45, 2.75) is 19.4 Å². The third-order valence-corrected chi connectivity index (χ3v) is 2.06. The standard InChI is InChI=1S/C10H18N4O3/c15-5-7-17-6-1-3-12-10(16)2-4-14-9-11-8-13-14/h8-9,15H,1-7H2,(H,12,16). The highest BCUT2D eigenvalue weighted by Crippen LogP contribution is 1.88. The van der Waals surface area contributed by atoms with Gasteiger partial charge in [0.1, 0.15) is 12.7 Å². The van der Waals surface area contributed by atoms with Crippen LogP contribution >= 0.6 is 0 Å². The average Bonchev–Trinajstić information content (AvgIpc) is 2.84. The highest BCUT2D eigenvalue weighted by molar-refractivity contribution is 5.75. The van der Waals surface area contributed by atoms with E-state index in [9.17, 15) is 4.79 Å². The number of carbonyl (C=O) groups is 1. The molecule has 0 bridgehead atoms. The topological polar surface area (TPSA) is 89.3 Å². The first kappa shape index (κ1) is 13.6. The summed E-state index contributed by atoms with van der Waals surface area (Å²) in [5, 5.41) is 15.1. The fraction of sp³-hybridized carbons (Fsp3) is 0.700. The predicted molar refractivity (Wildman–Crippen MR) is 60.2 cm³/mol. The molecule has 0 radical (unpaired) electrons. The summed E-state index contributed by atoms with van der Waals surface area (Å²) in [6, 6.07) is 0. The van der Waals surface area contributed by atoms with Crippen LogP contribution in [0.25, 0.3) is 0 Å². The number of amides is 1. The molecule has 0 saturated heterocycles. The third-order valence-electron chi connectivity index (χ3n) is 2.06. The molecule has 1 aromatic heterocycles. The van der Waals surface area contributed by atoms with Gasteiger partial charge in [0.25, 0.3) is 0 Å². The smallest absolute Gasteiger partial charge is 0.221 e. The van der Waals surface area contributed by atoms with E-state index in [4.69, 9.17) is 9.84 Å². The van der Waals surface area contributed by atoms with Gasteiger partial charge in [-0.25, -0.2) is 4.98 Å². The number of aryl methyl sites for hydroxylation is 1. The van der Waals surface area contributed by atoms with Crippen LogP contribution in [0.4, 0.5) is 0 Å². The van der Waals surface area contributed by atoms with E-state index in [-0.39, 0.29) is 12.5 Å². The monoisotopic (exact) mass is 242 g/mol. The quantitative estimate of drug-likeness (QED) is 0.552. The lowest BCUT2D eigenvalue weighted by Crippen LogP contribution is -2.26. The molecule has 1 heterocycles. The van der Waals surface area contributed by atoms with E-state index in [2.05, 4.69) is 15.4 Å². The van der Waals surface area contributed by atoms with Gasteiger partial charge < -0.3 is 15.2 Å². The van der Waals surface area contributed by atoms with Gasteiger partial charge >= 0.3 is 0 Å². The van der Waals surface area contributed by atoms with E-state index >= 15 is 0 Å². The first-order valence-electron chi connectivity index (χ1n) is 5.60. The van der Waals surface area contributed by atoms with Gasteiger partial charge in [-0.2, -0.15) is 5.10 Å². The summed E-state index contributed by atoms with van der Waals surface area (Å²) in [5.74, 6) is -0.0114. The molecule has 0 aliphatic heterocycles. The Morgan fingerprint density at radius 2 is 2.35 bits per heavy atom. The van der Waals surface area contributed by atoms with Crippen molar-refractivity contribution in [3.05, 3.63) is 12.7 Å². The molecule has 96 valence electrons. The van der Waals surface area contributed by atoms with Crippen molar-refractivity contribution in [1.29, 1.82) is 0 Å². The van der Waals surface area contributed by atoms with Crippen molar-refractivity contribution in [3.63, 3.8) is 0 Å². The van der Waals surface area contributed by atoms with Crippen LogP contribution < -0.4 is 5.32 Å². The molecule has 1 aromatic rings. The normalized spacial score (nSPS) is 10.4. The van der Waals surface area contributed by atoms with Crippen molar-refractivity contribution >= 4 is 5.91 Å². The highest BCUT2D eigenvalue weighted by Gasteiger charge is 2.01. The zero-order valence-corrected chi connectivity index (χ0v) is 9.71. The van der Waals surface area contributed by atoms with Crippen LogP contribution in [0.3, 0.4) is 0 Å². The molecule has 0 aliphatic rings. The van der Waals surface area contributed by atoms with E-state index in [1.807, 2.05) is 0 Å². The van der Waals surface area contributed by atoms with Gasteiger partial charge in [0.05, 0.1) is 19.8 Å². The summed E-state index contributed by atoms with van der Waals surface area (Å²) in [6.45, 7) is 2.04. The summed E-state index contributed by atoms with van der Waals surface area (Å²) in [7, 11) is 0. The summed E-state index contributed by atoms with van der Waals surface area (Å²) >= 11 is 0. The Balaban J connectivity index is 1.94. The van der Waals surface area contributed by atoms with Crippen LogP contribution in [0, 0.1) is 0 Å². The van der Waals surface area contributed by atoms with E-state index in [1.54, 1.807) is 11.0 Å². The van der Waals surface area contributed by atoms with Gasteiger partial charge in [0.15, 0.2) is 0 Å². The minimum Gasteiger partial charge on any atom is -0.394 e. The first-order valence-corrected chi connectivity index (χ1v) is 5.60. The van der Waals surface area contributed by atoms with Gasteiger partial charge in [0, 0.05) is 19.6 Å². The number of ether oxygens (including phenoxy) is 1. The predicted octanol–water partition coefficient (Wildman–Crippen LogP) is -0.817. The van der Waals surface area contributed by atoms with Gasteiger partial charge in [-0.05, 0) is 6.42 Å². The molecule has 7 heteroatoms. The summed E-state index contributed by atoms with van der Waals surface area (Å²) < 4.78 is 6.67. The first-order chi connectivity index (χ1) is 8.33. The molecule has 0 saturated carbocycles. The number of hydrogen-bond acceptors (Lipinski definition) is 5. The fourth-order valence-electron chi connectivity index (χ4n) is 1.22. The zero-order valence-electron chi connectivity index (χ0n) is 9.71. The molecule has 0 spiro atoms. The Morgan fingerprint density at radius 1 is 1.47 bits per heavy atom. The van der Waals surface area contributed by atoms with E-state index in [1.165, 1.54) is 6.33 Å². The van der Waals surface area contributed by atoms with Gasteiger partial charge in [-0.15, -0.1) is 0 Å². The molecule has 0 atom stereocenters. The average molecular weight is 242 g/mol. The number of aliphatic hydroxyl groups excluding tert-OH is 1. The molecular weight excluding hydrogens is 224 g/mol. The second-order valence-corrected chi connectivity index (χ2v) is 3.45. The Bertz CT molecular complexity index is 303. The Kier molecular flexibility index (Phi) is 6.92. The van der Waals surface area contributed by atoms with Crippen molar-refractivity contribution in [3.8, 4) is 0 Å². The van der Waals surface area contributed by atoms with Crippen molar-refractivity contribution in [2.75, 3.05) is 26.4 Å². The number of nitrogens with one attached hydrogen (secondary N) is 1. The van der Waals surface area contributed by atoms with E-state index in [0.29, 0.717) is 32.7 Å². The van der Waals surface area contributed by atoms with Gasteiger partial charge in [-0.1, -0.05) is 0 Å². The number of hydrogen-bond donors (Lipinski definition) is 2. The molecule has 17 heavy (non-hydrogen) atoms. The van der Waals surface area contributed by atoms with Crippen LogP contribution in [0.1, 0.15) is 12.8 Å². The second-order valence-electron chi connectivity index (χ2n) is 3.45. The number of nitrogens with zero attached hydrogens (tertiary/aromatic N) is 3. The van der Waals surface area contributed by atoms with Crippen LogP contribution in [0.5, 0.6) is 0 Å². The van der Waals surface area contributed by atoms with E-state index < -0.39 is 0 Å². The Labute approximate surface area is 99.8 Å². The second kappa shape index (κ2) is 8.66. The number of carbonyl (C=O) groups excluding carboxylic acids is 1. The SMILES string of the molecule is O=C(CCn1cncn1)NCCCOCCO. The van der Waals surface area contributed by atoms with Crippen molar-refractivity contribution in [2.24, 2.45) is 0 Å². The maximum atomic E-state index is 11.4. The molecule has 7 nitrogen and oxygen atoms in total. The lowest BCUT2D eigenvalue weighted by Gasteiger charge is -2.05. The molecule has 0 fully saturated rings. The molecular formula is C10H18N4O3. The minimum atomic E-state index is -0.0114. The van der Waals surface area contributed by atoms with Crippen LogP contribution in [0.15, 0.2) is 12.7 Å². The van der Waals surface area contributed by atoms with Crippen LogP contribution in [-0.2, 0) is 16.1 Å². The molecule has 1 amide bonds. The maximum absolute atomic E-state index is 11.4. The minimum absolute atomic E-state index is 0.0114. The van der Waals surface area contributed by atoms with Crippen LogP contribution in [0.2, 0.25) is 0 Å². The highest BCUT2D eigenvalue weighted by atomic mass is 16.5. The number of aliphatic hydroxyl groups is 1. The zero-order chi connectivity index (χ0) is 12.3. The summed E-state index contributed by atoms with van der Waals surface area (Å²) in [6.07, 6.45) is 4.16. The molecule has 1 rings (SSSR count). The molecule has 0 aliphatic carbocycles. The third kappa shape index (κ3) is 6.64. The number of aromatic nitrogens is 3. The molecule has 0 unspecified atom stereocenters. The Morgan fingerprint density at radius 3 is 3.06 bits per heavy atom. The van der Waals surface area contributed by atoms with Crippen molar-refractivity contribution in [1.82, 2.24) is 20.1 Å². The maximum Gasteiger partial charge on any atom is 0.221 e. The van der Waals surface area contributed by atoms with Crippen LogP contribution in [-0.4, -0.2) is 52.1 Å². The number of rotatable bonds is 9. The summed E-state index contributed by atoms with van der Waals surface area (Å²) in [4.78, 5) is 15.2.